The molecule has 1 aliphatic rings. The number of aromatic nitrogens is 2. The molecule has 1 fully saturated rings. The van der Waals surface area contributed by atoms with E-state index in [9.17, 15) is 4.79 Å². The summed E-state index contributed by atoms with van der Waals surface area (Å²) in [6.45, 7) is 3.77. The molecule has 1 amide bonds. The first-order valence-electron chi connectivity index (χ1n) is 5.78. The molecule has 102 valence electrons. The number of nitrogens with one attached hydrogen (secondary N) is 2. The van der Waals surface area contributed by atoms with Gasteiger partial charge in [0, 0.05) is 19.8 Å². The van der Waals surface area contributed by atoms with E-state index in [2.05, 4.69) is 15.7 Å². The van der Waals surface area contributed by atoms with Gasteiger partial charge in [0.2, 0.25) is 5.91 Å². The molecule has 0 radical (unpaired) electrons. The van der Waals surface area contributed by atoms with E-state index in [1.165, 1.54) is 0 Å². The number of nitrogens with zero attached hydrogens (tertiary/aromatic N) is 2. The Morgan fingerprint density at radius 2 is 2.50 bits per heavy atom. The third kappa shape index (κ3) is 3.44. The monoisotopic (exact) mass is 274 g/mol. The maximum Gasteiger partial charge on any atom is 0.240 e. The Bertz CT molecular complexity index is 396. The number of amides is 1. The van der Waals surface area contributed by atoms with Crippen molar-refractivity contribution in [3.05, 3.63) is 18.0 Å². The highest BCUT2D eigenvalue weighted by Crippen LogP contribution is 2.04. The summed E-state index contributed by atoms with van der Waals surface area (Å²) in [5.74, 6) is -0.0293. The summed E-state index contributed by atoms with van der Waals surface area (Å²) in [5, 5.41) is 10.1. The average Bonchev–Trinajstić information content (AvgIpc) is 2.72. The topological polar surface area (TPSA) is 68.2 Å². The number of hydrogen-bond acceptors (Lipinski definition) is 4. The number of aryl methyl sites for hydroxylation is 1. The first-order valence-corrected chi connectivity index (χ1v) is 5.78. The lowest BCUT2D eigenvalue weighted by molar-refractivity contribution is -0.129. The molecule has 2 rings (SSSR count). The van der Waals surface area contributed by atoms with Crippen molar-refractivity contribution in [1.29, 1.82) is 0 Å². The van der Waals surface area contributed by atoms with Crippen LogP contribution in [0.2, 0.25) is 0 Å². The Labute approximate surface area is 112 Å². The quantitative estimate of drug-likeness (QED) is 0.803. The second-order valence-corrected chi connectivity index (χ2v) is 4.17. The number of carbonyl (C=O) groups is 1. The summed E-state index contributed by atoms with van der Waals surface area (Å²) in [4.78, 5) is 11.9. The van der Waals surface area contributed by atoms with E-state index in [0.29, 0.717) is 19.7 Å². The fourth-order valence-corrected chi connectivity index (χ4v) is 1.89. The maximum atomic E-state index is 11.9. The summed E-state index contributed by atoms with van der Waals surface area (Å²) < 4.78 is 7.18. The lowest BCUT2D eigenvalue weighted by Gasteiger charge is -2.29. The van der Waals surface area contributed by atoms with Gasteiger partial charge in [0.15, 0.2) is 0 Å². The van der Waals surface area contributed by atoms with Gasteiger partial charge in [-0.1, -0.05) is 0 Å². The summed E-state index contributed by atoms with van der Waals surface area (Å²) in [7, 11) is 1.85. The van der Waals surface area contributed by atoms with Crippen LogP contribution in [0.5, 0.6) is 0 Å². The van der Waals surface area contributed by atoms with Crippen LogP contribution in [-0.2, 0) is 23.1 Å². The molecule has 1 aromatic rings. The van der Waals surface area contributed by atoms with Gasteiger partial charge < -0.3 is 15.4 Å². The fraction of sp³-hybridized carbons (Fsp3) is 0.636. The van der Waals surface area contributed by atoms with Crippen LogP contribution in [0.15, 0.2) is 12.3 Å². The summed E-state index contributed by atoms with van der Waals surface area (Å²) >= 11 is 0. The second kappa shape index (κ2) is 6.72. The zero-order valence-electron chi connectivity index (χ0n) is 10.5. The molecule has 0 bridgehead atoms. The molecule has 1 saturated heterocycles. The van der Waals surface area contributed by atoms with Gasteiger partial charge in [-0.3, -0.25) is 9.48 Å². The largest absolute Gasteiger partial charge is 0.375 e. The molecular formula is C11H19ClN4O2. The van der Waals surface area contributed by atoms with Crippen molar-refractivity contribution in [1.82, 2.24) is 20.4 Å². The van der Waals surface area contributed by atoms with Crippen LogP contribution >= 0.6 is 12.4 Å². The molecule has 0 saturated carbocycles. The highest BCUT2D eigenvalue weighted by atomic mass is 35.5. The van der Waals surface area contributed by atoms with Gasteiger partial charge in [-0.05, 0) is 13.0 Å². The zero-order chi connectivity index (χ0) is 12.3. The molecule has 2 N–H and O–H groups in total. The second-order valence-electron chi connectivity index (χ2n) is 4.17. The van der Waals surface area contributed by atoms with E-state index in [-0.39, 0.29) is 30.5 Å². The first-order chi connectivity index (χ1) is 8.18. The van der Waals surface area contributed by atoms with Gasteiger partial charge in [0.1, 0.15) is 6.04 Å². The lowest BCUT2D eigenvalue weighted by atomic mass is 10.1. The van der Waals surface area contributed by atoms with E-state index in [1.807, 2.05) is 20.0 Å². The van der Waals surface area contributed by atoms with Gasteiger partial charge in [0.25, 0.3) is 0 Å². The number of morpholine rings is 1. The van der Waals surface area contributed by atoms with Crippen molar-refractivity contribution in [3.63, 3.8) is 0 Å². The third-order valence-electron chi connectivity index (χ3n) is 2.97. The third-order valence-corrected chi connectivity index (χ3v) is 2.97. The van der Waals surface area contributed by atoms with Gasteiger partial charge >= 0.3 is 0 Å². The molecule has 0 spiro atoms. The van der Waals surface area contributed by atoms with E-state index in [4.69, 9.17) is 4.74 Å². The van der Waals surface area contributed by atoms with Crippen LogP contribution in [0.25, 0.3) is 0 Å². The normalized spacial score (nSPS) is 23.2. The Balaban J connectivity index is 0.00000162. The van der Waals surface area contributed by atoms with Gasteiger partial charge in [-0.2, -0.15) is 5.10 Å². The minimum Gasteiger partial charge on any atom is -0.375 e. The van der Waals surface area contributed by atoms with Crippen LogP contribution in [0, 0.1) is 0 Å². The van der Waals surface area contributed by atoms with Crippen LogP contribution in [0.3, 0.4) is 0 Å². The van der Waals surface area contributed by atoms with Crippen molar-refractivity contribution in [2.24, 2.45) is 7.05 Å². The van der Waals surface area contributed by atoms with E-state index in [1.54, 1.807) is 10.9 Å². The van der Waals surface area contributed by atoms with E-state index >= 15 is 0 Å². The van der Waals surface area contributed by atoms with Crippen molar-refractivity contribution in [2.45, 2.75) is 25.6 Å². The minimum absolute atomic E-state index is 0. The fourth-order valence-electron chi connectivity index (χ4n) is 1.89. The Morgan fingerprint density at radius 1 is 1.72 bits per heavy atom. The highest BCUT2D eigenvalue weighted by molar-refractivity contribution is 5.85. The predicted octanol–water partition coefficient (Wildman–Crippen LogP) is -0.165. The standard InChI is InChI=1S/C11H18N4O2.ClH/c1-8-10(12-5-6-17-8)11(16)13-7-9-3-4-14-15(9)2;/h3-4,8,10,12H,5-7H2,1-2H3,(H,13,16);1H/t8-,10+;/m1./s1. The van der Waals surface area contributed by atoms with Crippen LogP contribution < -0.4 is 10.6 Å². The van der Waals surface area contributed by atoms with Gasteiger partial charge in [0.05, 0.1) is 24.9 Å². The summed E-state index contributed by atoms with van der Waals surface area (Å²) in [5.41, 5.74) is 0.975. The number of carbonyl (C=O) groups excluding carboxylic acids is 1. The SMILES string of the molecule is C[C@H]1OCCN[C@@H]1C(=O)NCc1ccnn1C.Cl. The first kappa shape index (κ1) is 14.9. The smallest absolute Gasteiger partial charge is 0.240 e. The molecule has 7 heteroatoms. The van der Waals surface area contributed by atoms with Crippen molar-refractivity contribution >= 4 is 18.3 Å². The number of halogens is 1. The molecule has 2 atom stereocenters. The van der Waals surface area contributed by atoms with E-state index in [0.717, 1.165) is 5.69 Å². The maximum absolute atomic E-state index is 11.9. The molecule has 18 heavy (non-hydrogen) atoms. The summed E-state index contributed by atoms with van der Waals surface area (Å²) in [6, 6.07) is 1.62. The van der Waals surface area contributed by atoms with Gasteiger partial charge in [-0.25, -0.2) is 0 Å². The number of rotatable bonds is 3. The Morgan fingerprint density at radius 3 is 3.11 bits per heavy atom. The number of ether oxygens (including phenoxy) is 1. The molecule has 0 unspecified atom stereocenters. The number of hydrogen-bond donors (Lipinski definition) is 2. The Kier molecular flexibility index (Phi) is 5.58. The van der Waals surface area contributed by atoms with Crippen molar-refractivity contribution in [2.75, 3.05) is 13.2 Å². The molecular weight excluding hydrogens is 256 g/mol. The van der Waals surface area contributed by atoms with Crippen LogP contribution in [-0.4, -0.2) is 41.0 Å². The Hall–Kier alpha value is -1.11. The summed E-state index contributed by atoms with van der Waals surface area (Å²) in [6.07, 6.45) is 1.63. The highest BCUT2D eigenvalue weighted by Gasteiger charge is 2.27. The van der Waals surface area contributed by atoms with Crippen molar-refractivity contribution in [3.8, 4) is 0 Å². The van der Waals surface area contributed by atoms with E-state index < -0.39 is 0 Å². The molecule has 6 nitrogen and oxygen atoms in total. The predicted molar refractivity (Wildman–Crippen MR) is 69.5 cm³/mol. The lowest BCUT2D eigenvalue weighted by Crippen LogP contribution is -2.55. The minimum atomic E-state index is -0.267. The van der Waals surface area contributed by atoms with Crippen LogP contribution in [0.1, 0.15) is 12.6 Å². The van der Waals surface area contributed by atoms with Crippen molar-refractivity contribution < 1.29 is 9.53 Å². The molecule has 0 aliphatic carbocycles. The molecule has 1 aliphatic heterocycles. The molecule has 2 heterocycles. The average molecular weight is 275 g/mol. The van der Waals surface area contributed by atoms with Gasteiger partial charge in [-0.15, -0.1) is 12.4 Å². The molecule has 1 aromatic heterocycles. The molecule has 0 aromatic carbocycles. The van der Waals surface area contributed by atoms with Crippen LogP contribution in [0.4, 0.5) is 0 Å². The zero-order valence-corrected chi connectivity index (χ0v) is 11.4.